The number of hydrogen-bond donors (Lipinski definition) is 1. The van der Waals surface area contributed by atoms with Crippen LogP contribution in [-0.2, 0) is 11.2 Å². The van der Waals surface area contributed by atoms with Crippen LogP contribution in [0.5, 0.6) is 5.75 Å². The van der Waals surface area contributed by atoms with Gasteiger partial charge in [0.2, 0.25) is 0 Å². The Labute approximate surface area is 182 Å². The molecule has 1 heterocycles. The van der Waals surface area contributed by atoms with Crippen LogP contribution in [0.1, 0.15) is 51.0 Å². The van der Waals surface area contributed by atoms with Crippen molar-refractivity contribution in [1.82, 2.24) is 4.90 Å². The second kappa shape index (κ2) is 12.9. The Balaban J connectivity index is 1.59. The Hall–Kier alpha value is -1.63. The van der Waals surface area contributed by atoms with Gasteiger partial charge in [-0.2, -0.15) is 0 Å². The van der Waals surface area contributed by atoms with E-state index < -0.39 is 6.09 Å². The van der Waals surface area contributed by atoms with Crippen molar-refractivity contribution in [3.05, 3.63) is 29.8 Å². The third kappa shape index (κ3) is 9.45. The molecular weight excluding hydrogens is 378 g/mol. The van der Waals surface area contributed by atoms with Crippen LogP contribution in [-0.4, -0.2) is 75.0 Å². The topological polar surface area (TPSA) is 64.8 Å². The lowest BCUT2D eigenvalue weighted by atomic mass is 10.0. The Kier molecular flexibility index (Phi) is 10.6. The van der Waals surface area contributed by atoms with Crippen molar-refractivity contribution in [2.75, 3.05) is 53.5 Å². The summed E-state index contributed by atoms with van der Waals surface area (Å²) < 4.78 is 11.4. The van der Waals surface area contributed by atoms with Crippen LogP contribution in [0.2, 0.25) is 0 Å². The highest BCUT2D eigenvalue weighted by Crippen LogP contribution is 2.19. The molecule has 2 N–H and O–H groups in total. The van der Waals surface area contributed by atoms with Crippen molar-refractivity contribution in [3.8, 4) is 5.75 Å². The van der Waals surface area contributed by atoms with Crippen LogP contribution in [0.4, 0.5) is 4.79 Å². The molecule has 0 aliphatic carbocycles. The summed E-state index contributed by atoms with van der Waals surface area (Å²) in [6.45, 7) is 8.73. The lowest BCUT2D eigenvalue weighted by molar-refractivity contribution is -0.913. The molecule has 1 amide bonds. The highest BCUT2D eigenvalue weighted by Gasteiger charge is 2.23. The number of quaternary nitrogens is 1. The van der Waals surface area contributed by atoms with E-state index in [0.29, 0.717) is 11.8 Å². The van der Waals surface area contributed by atoms with Gasteiger partial charge >= 0.3 is 6.09 Å². The molecule has 2 rings (SSSR count). The van der Waals surface area contributed by atoms with Gasteiger partial charge < -0.3 is 19.7 Å². The molecule has 1 aromatic rings. The molecule has 1 saturated heterocycles. The van der Waals surface area contributed by atoms with Gasteiger partial charge in [-0.1, -0.05) is 31.4 Å². The zero-order chi connectivity index (χ0) is 21.8. The highest BCUT2D eigenvalue weighted by atomic mass is 16.5. The molecule has 0 radical (unpaired) electrons. The summed E-state index contributed by atoms with van der Waals surface area (Å²) in [4.78, 5) is 13.5. The summed E-state index contributed by atoms with van der Waals surface area (Å²) in [5.41, 5.74) is 6.29. The van der Waals surface area contributed by atoms with Crippen LogP contribution in [0.25, 0.3) is 0 Å². The van der Waals surface area contributed by atoms with Gasteiger partial charge in [0.05, 0.1) is 39.9 Å². The second-order valence-corrected chi connectivity index (χ2v) is 9.20. The molecule has 6 nitrogen and oxygen atoms in total. The van der Waals surface area contributed by atoms with E-state index in [1.54, 1.807) is 6.07 Å². The molecule has 1 unspecified atom stereocenters. The predicted molar refractivity (Wildman–Crippen MR) is 122 cm³/mol. The maximum Gasteiger partial charge on any atom is 0.409 e. The number of likely N-dealkylation sites (N-methyl/N-ethyl adjacent to an activating group) is 1. The smallest absolute Gasteiger partial charge is 0.409 e. The number of nitrogens with two attached hydrogens (primary N) is 1. The fourth-order valence-electron chi connectivity index (χ4n) is 4.05. The summed E-state index contributed by atoms with van der Waals surface area (Å²) in [5, 5.41) is 0. The van der Waals surface area contributed by atoms with E-state index in [4.69, 9.17) is 15.2 Å². The minimum atomic E-state index is -0.766. The third-order valence-electron chi connectivity index (χ3n) is 6.40. The summed E-state index contributed by atoms with van der Waals surface area (Å²) in [6.07, 6.45) is 8.11. The molecule has 1 aliphatic rings. The van der Waals surface area contributed by atoms with E-state index in [0.717, 1.165) is 37.2 Å². The third-order valence-corrected chi connectivity index (χ3v) is 6.40. The number of morpholine rings is 1. The molecule has 170 valence electrons. The van der Waals surface area contributed by atoms with Crippen molar-refractivity contribution >= 4 is 6.09 Å². The number of nitrogens with zero attached hydrogens (tertiary/aromatic N) is 2. The fraction of sp³-hybridized carbons (Fsp3) is 0.708. The molecular formula is C24H42N3O3+. The number of carbonyl (C=O) groups is 1. The molecule has 30 heavy (non-hydrogen) atoms. The zero-order valence-electron chi connectivity index (χ0n) is 19.3. The van der Waals surface area contributed by atoms with E-state index in [-0.39, 0.29) is 0 Å². The maximum absolute atomic E-state index is 11.0. The number of hydrogen-bond acceptors (Lipinski definition) is 4. The monoisotopic (exact) mass is 420 g/mol. The Morgan fingerprint density at radius 2 is 1.80 bits per heavy atom. The largest absolute Gasteiger partial charge is 0.410 e. The number of primary amides is 1. The van der Waals surface area contributed by atoms with E-state index in [9.17, 15) is 4.79 Å². The highest BCUT2D eigenvalue weighted by molar-refractivity contribution is 5.68. The minimum Gasteiger partial charge on any atom is -0.410 e. The average molecular weight is 421 g/mol. The number of benzene rings is 1. The van der Waals surface area contributed by atoms with Crippen molar-refractivity contribution in [3.63, 3.8) is 0 Å². The van der Waals surface area contributed by atoms with Crippen LogP contribution in [0.3, 0.4) is 0 Å². The lowest BCUT2D eigenvalue weighted by Gasteiger charge is -2.36. The Morgan fingerprint density at radius 1 is 1.13 bits per heavy atom. The van der Waals surface area contributed by atoms with E-state index in [1.807, 2.05) is 12.1 Å². The summed E-state index contributed by atoms with van der Waals surface area (Å²) in [5.74, 6) is 0.520. The first-order valence-corrected chi connectivity index (χ1v) is 11.6. The zero-order valence-corrected chi connectivity index (χ0v) is 19.3. The first kappa shape index (κ1) is 24.6. The van der Waals surface area contributed by atoms with Gasteiger partial charge in [0.1, 0.15) is 5.75 Å². The van der Waals surface area contributed by atoms with Gasteiger partial charge in [-0.3, -0.25) is 4.90 Å². The van der Waals surface area contributed by atoms with Gasteiger partial charge in [0, 0.05) is 19.5 Å². The molecule has 0 saturated carbocycles. The van der Waals surface area contributed by atoms with Crippen molar-refractivity contribution in [2.24, 2.45) is 5.73 Å². The van der Waals surface area contributed by atoms with Crippen LogP contribution in [0, 0.1) is 0 Å². The molecule has 1 atom stereocenters. The van der Waals surface area contributed by atoms with Gasteiger partial charge in [-0.05, 0) is 50.4 Å². The number of amides is 1. The average Bonchev–Trinajstić information content (AvgIpc) is 2.70. The van der Waals surface area contributed by atoms with Gasteiger partial charge in [0.25, 0.3) is 0 Å². The molecule has 1 aromatic carbocycles. The van der Waals surface area contributed by atoms with Crippen molar-refractivity contribution in [1.29, 1.82) is 0 Å². The van der Waals surface area contributed by atoms with E-state index in [2.05, 4.69) is 32.0 Å². The second-order valence-electron chi connectivity index (χ2n) is 9.20. The standard InChI is InChI=1S/C24H41N3O3/c1-21(19-22-11-10-12-23(20-22)30-24(25)28)27(2,3)16-9-7-5-4-6-8-13-26-14-17-29-18-15-26/h10-12,20-21H,4-9,13-19H2,1-3H3,(H-,25,28)/p+1. The van der Waals surface area contributed by atoms with Crippen molar-refractivity contribution in [2.45, 2.75) is 57.9 Å². The van der Waals surface area contributed by atoms with Crippen molar-refractivity contribution < 1.29 is 18.8 Å². The van der Waals surface area contributed by atoms with Gasteiger partial charge in [0.15, 0.2) is 0 Å². The molecule has 0 spiro atoms. The SMILES string of the molecule is CC(Cc1cccc(OC(N)=O)c1)[N+](C)(C)CCCCCCCCN1CCOCC1. The first-order chi connectivity index (χ1) is 14.4. The Morgan fingerprint density at radius 3 is 2.50 bits per heavy atom. The van der Waals surface area contributed by atoms with Gasteiger partial charge in [-0.15, -0.1) is 0 Å². The summed E-state index contributed by atoms with van der Waals surface area (Å²) >= 11 is 0. The van der Waals surface area contributed by atoms with Crippen LogP contribution < -0.4 is 10.5 Å². The minimum absolute atomic E-state index is 0.488. The molecule has 0 bridgehead atoms. The Bertz CT molecular complexity index is 630. The number of unbranched alkanes of at least 4 members (excludes halogenated alkanes) is 5. The van der Waals surface area contributed by atoms with Crippen LogP contribution >= 0.6 is 0 Å². The predicted octanol–water partition coefficient (Wildman–Crippen LogP) is 3.82. The molecule has 1 fully saturated rings. The number of ether oxygens (including phenoxy) is 2. The first-order valence-electron chi connectivity index (χ1n) is 11.6. The fourth-order valence-corrected chi connectivity index (χ4v) is 4.05. The van der Waals surface area contributed by atoms with Crippen LogP contribution in [0.15, 0.2) is 24.3 Å². The maximum atomic E-state index is 11.0. The summed E-state index contributed by atoms with van der Waals surface area (Å²) in [7, 11) is 4.63. The molecule has 1 aliphatic heterocycles. The normalized spacial score (nSPS) is 16.4. The number of rotatable bonds is 13. The molecule has 6 heteroatoms. The summed E-state index contributed by atoms with van der Waals surface area (Å²) in [6, 6.07) is 8.17. The van der Waals surface area contributed by atoms with E-state index in [1.165, 1.54) is 57.2 Å². The molecule has 0 aromatic heterocycles. The van der Waals surface area contributed by atoms with Gasteiger partial charge in [-0.25, -0.2) is 4.79 Å². The van der Waals surface area contributed by atoms with E-state index >= 15 is 0 Å². The number of carbonyl (C=O) groups excluding carboxylic acids is 1. The quantitative estimate of drug-likeness (QED) is 0.389. The lowest BCUT2D eigenvalue weighted by Crippen LogP contribution is -2.48.